The monoisotopic (exact) mass is 459 g/mol. The number of nitrogens with zero attached hydrogens (tertiary/aromatic N) is 2. The second kappa shape index (κ2) is 12.5. The highest BCUT2D eigenvalue weighted by molar-refractivity contribution is 5.94. The number of ether oxygens (including phenoxy) is 2. The lowest BCUT2D eigenvalue weighted by Crippen LogP contribution is -2.54. The fraction of sp³-hybridized carbons (Fsp3) is 0.520. The third-order valence-electron chi connectivity index (χ3n) is 5.58. The van der Waals surface area contributed by atoms with Crippen LogP contribution >= 0.6 is 0 Å². The first-order chi connectivity index (χ1) is 16.3. The second-order valence-electron chi connectivity index (χ2n) is 8.29. The van der Waals surface area contributed by atoms with Crippen LogP contribution < -0.4 is 0 Å². The molecular weight excluding hydrogens is 424 g/mol. The molecule has 1 atom stereocenters. The van der Waals surface area contributed by atoms with E-state index in [9.17, 15) is 9.59 Å². The van der Waals surface area contributed by atoms with E-state index in [1.165, 1.54) is 4.90 Å². The van der Waals surface area contributed by atoms with Crippen LogP contribution in [-0.2, 0) is 14.3 Å². The lowest BCUT2D eigenvalue weighted by molar-refractivity contribution is -0.151. The summed E-state index contributed by atoms with van der Waals surface area (Å²) in [5, 5.41) is 8.74. The number of unbranched alkanes of at least 4 members (excludes halogenated alkanes) is 2. The van der Waals surface area contributed by atoms with Crippen molar-refractivity contribution in [2.45, 2.75) is 51.8 Å². The van der Waals surface area contributed by atoms with Crippen molar-refractivity contribution in [1.29, 1.82) is 0 Å². The van der Waals surface area contributed by atoms with Gasteiger partial charge in [-0.05, 0) is 51.0 Å². The van der Waals surface area contributed by atoms with Crippen molar-refractivity contribution in [2.75, 3.05) is 33.0 Å². The van der Waals surface area contributed by atoms with Gasteiger partial charge in [-0.2, -0.15) is 0 Å². The van der Waals surface area contributed by atoms with Crippen molar-refractivity contribution in [3.63, 3.8) is 0 Å². The first kappa shape index (κ1) is 23.5. The van der Waals surface area contributed by atoms with E-state index in [1.54, 1.807) is 32.2 Å². The van der Waals surface area contributed by atoms with Crippen LogP contribution in [0.15, 0.2) is 47.1 Å². The molecule has 1 aromatic heterocycles. The molecule has 1 unspecified atom stereocenters. The summed E-state index contributed by atoms with van der Waals surface area (Å²) in [5.41, 5.74) is 1.38. The largest absolute Gasteiger partial charge is 0.481 e. The van der Waals surface area contributed by atoms with Gasteiger partial charge in [0.05, 0.1) is 27.5 Å². The van der Waals surface area contributed by atoms with Crippen LogP contribution in [0.25, 0.3) is 11.3 Å². The van der Waals surface area contributed by atoms with Gasteiger partial charge in [-0.1, -0.05) is 18.6 Å². The van der Waals surface area contributed by atoms with Crippen LogP contribution in [0.4, 0.5) is 0 Å². The number of carbonyl (C=O) groups is 2. The number of hydrogen-bond donors (Lipinski definition) is 1. The summed E-state index contributed by atoms with van der Waals surface area (Å²) in [6.07, 6.45) is 3.60. The Hall–Kier alpha value is -2.68. The number of morpholine rings is 1. The quantitative estimate of drug-likeness (QED) is 0.478. The van der Waals surface area contributed by atoms with E-state index in [-0.39, 0.29) is 25.2 Å². The number of carboxylic acids is 1. The predicted molar refractivity (Wildman–Crippen MR) is 124 cm³/mol. The van der Waals surface area contributed by atoms with Crippen molar-refractivity contribution in [3.8, 4) is 11.3 Å². The summed E-state index contributed by atoms with van der Waals surface area (Å²) in [7, 11) is 0. The van der Waals surface area contributed by atoms with Gasteiger partial charge in [-0.25, -0.2) is 0 Å². The standard InChI is InChI=1S/C25H34N2O6/c1-19(2)27(25(30)21-11-9-20(10-12-21)22-7-6-15-32-22)18-26-13-16-31-17-23(26)33-14-5-3-4-8-24(28)29/h6-7,9-12,15,19,23H,3-5,8,13-14,16-18H2,1-2H3,(H,28,29)/i19D. The maximum Gasteiger partial charge on any atom is 0.303 e. The molecule has 1 aliphatic rings. The van der Waals surface area contributed by atoms with Crippen molar-refractivity contribution >= 4 is 11.9 Å². The highest BCUT2D eigenvalue weighted by Gasteiger charge is 2.28. The lowest BCUT2D eigenvalue weighted by atomic mass is 10.1. The topological polar surface area (TPSA) is 92.5 Å². The molecule has 8 heteroatoms. The molecule has 1 aliphatic heterocycles. The zero-order valence-electron chi connectivity index (χ0n) is 20.4. The van der Waals surface area contributed by atoms with Crippen molar-refractivity contribution in [3.05, 3.63) is 48.2 Å². The normalized spacial score (nSPS) is 17.5. The Balaban J connectivity index is 1.62. The first-order valence-corrected chi connectivity index (χ1v) is 11.4. The summed E-state index contributed by atoms with van der Waals surface area (Å²) >= 11 is 0. The zero-order valence-corrected chi connectivity index (χ0v) is 19.4. The molecule has 0 spiro atoms. The van der Waals surface area contributed by atoms with Crippen LogP contribution in [0, 0.1) is 0 Å². The van der Waals surface area contributed by atoms with E-state index in [1.807, 2.05) is 29.2 Å². The average Bonchev–Trinajstić information content (AvgIpc) is 3.34. The fourth-order valence-electron chi connectivity index (χ4n) is 3.67. The number of amides is 1. The molecule has 0 saturated carbocycles. The smallest absolute Gasteiger partial charge is 0.303 e. The molecule has 8 nitrogen and oxygen atoms in total. The number of furan rings is 1. The van der Waals surface area contributed by atoms with Gasteiger partial charge in [0.1, 0.15) is 12.0 Å². The zero-order chi connectivity index (χ0) is 24.6. The summed E-state index contributed by atoms with van der Waals surface area (Å²) in [4.78, 5) is 27.6. The Kier molecular flexibility index (Phi) is 8.91. The van der Waals surface area contributed by atoms with Gasteiger partial charge in [-0.15, -0.1) is 0 Å². The Labute approximate surface area is 196 Å². The average molecular weight is 460 g/mol. The molecule has 0 radical (unpaired) electrons. The number of aliphatic carboxylic acids is 1. The van der Waals surface area contributed by atoms with Gasteiger partial charge in [0.25, 0.3) is 5.91 Å². The Morgan fingerprint density at radius 3 is 2.70 bits per heavy atom. The maximum absolute atomic E-state index is 13.4. The molecule has 3 rings (SSSR count). The first-order valence-electron chi connectivity index (χ1n) is 11.9. The number of carbonyl (C=O) groups excluding carboxylic acids is 1. The van der Waals surface area contributed by atoms with Crippen LogP contribution in [-0.4, -0.2) is 72.1 Å². The molecule has 1 aromatic carbocycles. The molecule has 1 fully saturated rings. The van der Waals surface area contributed by atoms with Crippen LogP contribution in [0.2, 0.25) is 0 Å². The Morgan fingerprint density at radius 1 is 1.24 bits per heavy atom. The summed E-state index contributed by atoms with van der Waals surface area (Å²) < 4.78 is 25.6. The molecule has 1 N–H and O–H groups in total. The molecule has 1 amide bonds. The summed E-state index contributed by atoms with van der Waals surface area (Å²) in [6.45, 7) is 5.60. The molecule has 0 aliphatic carbocycles. The van der Waals surface area contributed by atoms with Crippen molar-refractivity contribution < 1.29 is 30.0 Å². The van der Waals surface area contributed by atoms with Gasteiger partial charge < -0.3 is 23.9 Å². The van der Waals surface area contributed by atoms with Crippen molar-refractivity contribution in [2.24, 2.45) is 0 Å². The third kappa shape index (κ3) is 7.42. The SMILES string of the molecule is [2H]C(C)(C)N(CN1CCOCC1OCCCCCC(=O)O)C(=O)c1ccc(-c2ccco2)cc1. The van der Waals surface area contributed by atoms with Crippen LogP contribution in [0.5, 0.6) is 0 Å². The van der Waals surface area contributed by atoms with Gasteiger partial charge in [0, 0.05) is 36.7 Å². The number of hydrogen-bond acceptors (Lipinski definition) is 6. The molecule has 33 heavy (non-hydrogen) atoms. The summed E-state index contributed by atoms with van der Waals surface area (Å²) in [6, 6.07) is 9.72. The molecule has 1 saturated heterocycles. The van der Waals surface area contributed by atoms with Crippen LogP contribution in [0.1, 0.15) is 51.3 Å². The van der Waals surface area contributed by atoms with E-state index in [4.69, 9.17) is 20.4 Å². The highest BCUT2D eigenvalue weighted by Crippen LogP contribution is 2.21. The number of rotatable bonds is 12. The Bertz CT molecular complexity index is 910. The minimum Gasteiger partial charge on any atom is -0.481 e. The highest BCUT2D eigenvalue weighted by atomic mass is 16.5. The van der Waals surface area contributed by atoms with E-state index in [2.05, 4.69) is 0 Å². The minimum atomic E-state index is -1.14. The predicted octanol–water partition coefficient (Wildman–Crippen LogP) is 4.07. The van der Waals surface area contributed by atoms with Crippen molar-refractivity contribution in [1.82, 2.24) is 9.80 Å². The molecule has 2 aromatic rings. The van der Waals surface area contributed by atoms with E-state index < -0.39 is 12.0 Å². The number of benzene rings is 1. The molecule has 0 bridgehead atoms. The summed E-state index contributed by atoms with van der Waals surface area (Å²) in [5.74, 6) is -0.288. The number of carboxylic acid groups (broad SMARTS) is 1. The van der Waals surface area contributed by atoms with E-state index >= 15 is 0 Å². The fourth-order valence-corrected chi connectivity index (χ4v) is 3.67. The van der Waals surface area contributed by atoms with Gasteiger partial charge >= 0.3 is 5.97 Å². The van der Waals surface area contributed by atoms with E-state index in [0.29, 0.717) is 38.3 Å². The maximum atomic E-state index is 13.4. The third-order valence-corrected chi connectivity index (χ3v) is 5.58. The molecule has 180 valence electrons. The Morgan fingerprint density at radius 2 is 2.03 bits per heavy atom. The molecular formula is C25H34N2O6. The lowest BCUT2D eigenvalue weighted by Gasteiger charge is -2.39. The molecule has 2 heterocycles. The van der Waals surface area contributed by atoms with Gasteiger partial charge in [-0.3, -0.25) is 14.5 Å². The van der Waals surface area contributed by atoms with Gasteiger partial charge in [0.15, 0.2) is 0 Å². The minimum absolute atomic E-state index is 0.164. The second-order valence-corrected chi connectivity index (χ2v) is 8.29. The van der Waals surface area contributed by atoms with Gasteiger partial charge in [0.2, 0.25) is 0 Å². The van der Waals surface area contributed by atoms with E-state index in [0.717, 1.165) is 24.2 Å². The van der Waals surface area contributed by atoms with Crippen LogP contribution in [0.3, 0.4) is 0 Å².